The number of hydrogen-bond donors (Lipinski definition) is 0. The molecule has 4 nitrogen and oxygen atoms in total. The number of hydrogen-bond acceptors (Lipinski definition) is 4. The van der Waals surface area contributed by atoms with Crippen molar-refractivity contribution in [1.82, 2.24) is 9.88 Å². The molecule has 1 amide bonds. The van der Waals surface area contributed by atoms with Crippen molar-refractivity contribution in [3.8, 4) is 10.6 Å². The Balaban J connectivity index is 1.93. The van der Waals surface area contributed by atoms with Crippen LogP contribution in [0.1, 0.15) is 15.4 Å². The van der Waals surface area contributed by atoms with E-state index in [1.165, 1.54) is 11.3 Å². The Morgan fingerprint density at radius 1 is 1.32 bits per heavy atom. The average molecular weight is 357 g/mol. The van der Waals surface area contributed by atoms with Gasteiger partial charge >= 0.3 is 0 Å². The molecule has 1 aromatic heterocycles. The molecule has 0 spiro atoms. The molecule has 0 saturated carbocycles. The maximum absolute atomic E-state index is 12.6. The molecule has 22 heavy (non-hydrogen) atoms. The summed E-state index contributed by atoms with van der Waals surface area (Å²) in [6.45, 7) is 4.24. The smallest absolute Gasteiger partial charge is 0.273 e. The number of carbonyl (C=O) groups is 1. The summed E-state index contributed by atoms with van der Waals surface area (Å²) in [4.78, 5) is 19.7. The third-order valence-corrected chi connectivity index (χ3v) is 5.30. The predicted octanol–water partition coefficient (Wildman–Crippen LogP) is 3.90. The minimum Gasteiger partial charge on any atom is -0.378 e. The van der Waals surface area contributed by atoms with Crippen LogP contribution in [0, 0.1) is 6.92 Å². The van der Waals surface area contributed by atoms with Gasteiger partial charge in [-0.3, -0.25) is 4.79 Å². The zero-order valence-corrected chi connectivity index (χ0v) is 14.3. The molecule has 116 valence electrons. The summed E-state index contributed by atoms with van der Waals surface area (Å²) in [7, 11) is 0. The Hall–Kier alpha value is -1.14. The first-order valence-corrected chi connectivity index (χ1v) is 8.44. The maximum Gasteiger partial charge on any atom is 0.273 e. The lowest BCUT2D eigenvalue weighted by Crippen LogP contribution is -2.41. The van der Waals surface area contributed by atoms with Crippen LogP contribution in [0.5, 0.6) is 0 Å². The van der Waals surface area contributed by atoms with Gasteiger partial charge in [0.15, 0.2) is 0 Å². The van der Waals surface area contributed by atoms with Gasteiger partial charge in [-0.15, -0.1) is 11.3 Å². The van der Waals surface area contributed by atoms with Crippen LogP contribution in [0.4, 0.5) is 0 Å². The van der Waals surface area contributed by atoms with Crippen LogP contribution in [0.2, 0.25) is 10.0 Å². The molecule has 0 N–H and O–H groups in total. The Morgan fingerprint density at radius 2 is 2.05 bits per heavy atom. The number of aryl methyl sites for hydroxylation is 1. The minimum absolute atomic E-state index is 0.0542. The van der Waals surface area contributed by atoms with E-state index in [9.17, 15) is 4.79 Å². The van der Waals surface area contributed by atoms with Crippen molar-refractivity contribution in [2.45, 2.75) is 6.92 Å². The number of benzene rings is 1. The molecule has 1 fully saturated rings. The van der Waals surface area contributed by atoms with Gasteiger partial charge < -0.3 is 9.64 Å². The molecular formula is C15H14Cl2N2O2S. The van der Waals surface area contributed by atoms with Crippen LogP contribution in [-0.4, -0.2) is 42.1 Å². The lowest BCUT2D eigenvalue weighted by atomic mass is 10.2. The molecule has 2 heterocycles. The van der Waals surface area contributed by atoms with Crippen LogP contribution < -0.4 is 0 Å². The van der Waals surface area contributed by atoms with Gasteiger partial charge in [0.05, 0.1) is 23.3 Å². The van der Waals surface area contributed by atoms with E-state index in [1.54, 1.807) is 11.0 Å². The Bertz CT molecular complexity index is 712. The third kappa shape index (κ3) is 2.99. The van der Waals surface area contributed by atoms with Gasteiger partial charge in [0.1, 0.15) is 10.7 Å². The van der Waals surface area contributed by atoms with Crippen LogP contribution in [0.25, 0.3) is 10.6 Å². The lowest BCUT2D eigenvalue weighted by Gasteiger charge is -2.26. The molecule has 2 aromatic rings. The number of ether oxygens (including phenoxy) is 1. The molecule has 1 aliphatic rings. The Morgan fingerprint density at radius 3 is 2.77 bits per heavy atom. The quantitative estimate of drug-likeness (QED) is 0.819. The van der Waals surface area contributed by atoms with Crippen LogP contribution >= 0.6 is 34.5 Å². The molecule has 0 atom stereocenters. The van der Waals surface area contributed by atoms with E-state index in [0.717, 1.165) is 10.4 Å². The predicted molar refractivity (Wildman–Crippen MR) is 89.0 cm³/mol. The third-order valence-electron chi connectivity index (χ3n) is 3.48. The van der Waals surface area contributed by atoms with Crippen molar-refractivity contribution in [2.75, 3.05) is 26.3 Å². The van der Waals surface area contributed by atoms with E-state index in [1.807, 2.05) is 19.1 Å². The summed E-state index contributed by atoms with van der Waals surface area (Å²) in [6, 6.07) is 5.41. The van der Waals surface area contributed by atoms with E-state index in [2.05, 4.69) is 4.98 Å². The number of amides is 1. The van der Waals surface area contributed by atoms with E-state index >= 15 is 0 Å². The molecule has 1 aliphatic heterocycles. The largest absolute Gasteiger partial charge is 0.378 e. The van der Waals surface area contributed by atoms with Crippen LogP contribution in [0.15, 0.2) is 18.2 Å². The number of halogens is 2. The van der Waals surface area contributed by atoms with Gasteiger partial charge in [0.2, 0.25) is 0 Å². The van der Waals surface area contributed by atoms with E-state index < -0.39 is 0 Å². The fraction of sp³-hybridized carbons (Fsp3) is 0.333. The number of carbonyl (C=O) groups excluding carboxylic acids is 1. The van der Waals surface area contributed by atoms with Crippen LogP contribution in [-0.2, 0) is 4.74 Å². The van der Waals surface area contributed by atoms with E-state index in [0.29, 0.717) is 47.1 Å². The zero-order chi connectivity index (χ0) is 15.7. The summed E-state index contributed by atoms with van der Waals surface area (Å²) < 4.78 is 5.28. The highest BCUT2D eigenvalue weighted by molar-refractivity contribution is 7.15. The maximum atomic E-state index is 12.6. The number of rotatable bonds is 2. The summed E-state index contributed by atoms with van der Waals surface area (Å²) in [6.07, 6.45) is 0. The lowest BCUT2D eigenvalue weighted by molar-refractivity contribution is 0.0299. The molecule has 0 aliphatic carbocycles. The van der Waals surface area contributed by atoms with Crippen molar-refractivity contribution in [2.24, 2.45) is 0 Å². The summed E-state index contributed by atoms with van der Waals surface area (Å²) in [5.41, 5.74) is 1.24. The topological polar surface area (TPSA) is 42.4 Å². The SMILES string of the molecule is Cc1sc(-c2cccc(Cl)c2Cl)nc1C(=O)N1CCOCC1. The van der Waals surface area contributed by atoms with E-state index in [4.69, 9.17) is 27.9 Å². The first-order chi connectivity index (χ1) is 10.6. The number of thiazole rings is 1. The average Bonchev–Trinajstić information content (AvgIpc) is 2.92. The molecule has 0 unspecified atom stereocenters. The first kappa shape index (κ1) is 15.7. The van der Waals surface area contributed by atoms with Gasteiger partial charge in [0.25, 0.3) is 5.91 Å². The van der Waals surface area contributed by atoms with Crippen molar-refractivity contribution in [3.63, 3.8) is 0 Å². The summed E-state index contributed by atoms with van der Waals surface area (Å²) in [5.74, 6) is -0.0542. The van der Waals surface area contributed by atoms with E-state index in [-0.39, 0.29) is 5.91 Å². The number of aromatic nitrogens is 1. The second-order valence-corrected chi connectivity index (χ2v) is 6.92. The van der Waals surface area contributed by atoms with Gasteiger partial charge in [-0.05, 0) is 13.0 Å². The van der Waals surface area contributed by atoms with Crippen molar-refractivity contribution in [3.05, 3.63) is 38.8 Å². The molecular weight excluding hydrogens is 343 g/mol. The number of nitrogens with zero attached hydrogens (tertiary/aromatic N) is 2. The molecule has 1 saturated heterocycles. The first-order valence-electron chi connectivity index (χ1n) is 6.86. The van der Waals surface area contributed by atoms with Gasteiger partial charge in [0, 0.05) is 23.5 Å². The Kier molecular flexibility index (Phi) is 4.68. The highest BCUT2D eigenvalue weighted by Gasteiger charge is 2.24. The van der Waals surface area contributed by atoms with Gasteiger partial charge in [-0.2, -0.15) is 0 Å². The normalized spacial score (nSPS) is 15.1. The summed E-state index contributed by atoms with van der Waals surface area (Å²) in [5, 5.41) is 1.65. The highest BCUT2D eigenvalue weighted by atomic mass is 35.5. The second kappa shape index (κ2) is 6.54. The number of morpholine rings is 1. The molecule has 0 radical (unpaired) electrons. The summed E-state index contributed by atoms with van der Waals surface area (Å²) >= 11 is 13.7. The molecule has 7 heteroatoms. The van der Waals surface area contributed by atoms with Crippen molar-refractivity contribution < 1.29 is 9.53 Å². The fourth-order valence-corrected chi connectivity index (χ4v) is 3.68. The monoisotopic (exact) mass is 356 g/mol. The second-order valence-electron chi connectivity index (χ2n) is 4.93. The molecule has 1 aromatic carbocycles. The molecule has 3 rings (SSSR count). The van der Waals surface area contributed by atoms with Gasteiger partial charge in [-0.1, -0.05) is 35.3 Å². The highest BCUT2D eigenvalue weighted by Crippen LogP contribution is 2.36. The minimum atomic E-state index is -0.0542. The van der Waals surface area contributed by atoms with Crippen LogP contribution in [0.3, 0.4) is 0 Å². The Labute approximate surface area is 142 Å². The molecule has 0 bridgehead atoms. The standard InChI is InChI=1S/C15H14Cl2N2O2S/c1-9-13(15(20)19-5-7-21-8-6-19)18-14(22-9)10-3-2-4-11(16)12(10)17/h2-4H,5-8H2,1H3. The van der Waals surface area contributed by atoms with Crippen molar-refractivity contribution >= 4 is 40.4 Å². The fourth-order valence-electron chi connectivity index (χ4n) is 2.30. The van der Waals surface area contributed by atoms with Gasteiger partial charge in [-0.25, -0.2) is 4.98 Å². The zero-order valence-electron chi connectivity index (χ0n) is 11.9. The van der Waals surface area contributed by atoms with Crippen molar-refractivity contribution in [1.29, 1.82) is 0 Å².